The Labute approximate surface area is 123 Å². The summed E-state index contributed by atoms with van der Waals surface area (Å²) in [6, 6.07) is 3.21. The Kier molecular flexibility index (Phi) is 4.33. The zero-order chi connectivity index (χ0) is 14.7. The average molecular weight is 342 g/mol. The van der Waals surface area contributed by atoms with Crippen LogP contribution in [0.2, 0.25) is 0 Å². The molecule has 0 fully saturated rings. The van der Waals surface area contributed by atoms with Gasteiger partial charge in [-0.1, -0.05) is 0 Å². The van der Waals surface area contributed by atoms with Gasteiger partial charge in [0.1, 0.15) is 5.82 Å². The Morgan fingerprint density at radius 3 is 2.55 bits per heavy atom. The molecular weight excluding hydrogens is 329 g/mol. The molecule has 1 aromatic heterocycles. The van der Waals surface area contributed by atoms with Crippen LogP contribution in [0.3, 0.4) is 0 Å². The van der Waals surface area contributed by atoms with Crippen molar-refractivity contribution in [1.29, 1.82) is 0 Å². The molecule has 0 bridgehead atoms. The van der Waals surface area contributed by atoms with E-state index in [1.165, 1.54) is 13.2 Å². The highest BCUT2D eigenvalue weighted by Crippen LogP contribution is 2.26. The Morgan fingerprint density at radius 2 is 1.90 bits per heavy atom. The van der Waals surface area contributed by atoms with Crippen LogP contribution >= 0.6 is 15.9 Å². The van der Waals surface area contributed by atoms with Gasteiger partial charge in [-0.15, -0.1) is 0 Å². The summed E-state index contributed by atoms with van der Waals surface area (Å²) in [7, 11) is 3.15. The molecule has 8 heteroatoms. The highest BCUT2D eigenvalue weighted by molar-refractivity contribution is 9.10. The number of rotatable bonds is 4. The predicted molar refractivity (Wildman–Crippen MR) is 78.0 cm³/mol. The van der Waals surface area contributed by atoms with Crippen LogP contribution in [0.4, 0.5) is 22.0 Å². The molecular formula is C12H13BrFN5O. The number of anilines is 3. The fraction of sp³-hybridized carbons (Fsp3) is 0.250. The summed E-state index contributed by atoms with van der Waals surface area (Å²) in [5.41, 5.74) is 1.42. The van der Waals surface area contributed by atoms with Crippen molar-refractivity contribution in [2.75, 3.05) is 24.8 Å². The van der Waals surface area contributed by atoms with Crippen LogP contribution in [-0.4, -0.2) is 29.1 Å². The molecule has 0 saturated heterocycles. The van der Waals surface area contributed by atoms with Gasteiger partial charge in [-0.3, -0.25) is 0 Å². The summed E-state index contributed by atoms with van der Waals surface area (Å²) in [6.45, 7) is 1.85. The molecule has 2 rings (SSSR count). The maximum absolute atomic E-state index is 13.6. The summed E-state index contributed by atoms with van der Waals surface area (Å²) in [4.78, 5) is 12.2. The van der Waals surface area contributed by atoms with Crippen LogP contribution in [-0.2, 0) is 0 Å². The average Bonchev–Trinajstić information content (AvgIpc) is 2.44. The van der Waals surface area contributed by atoms with Crippen molar-refractivity contribution in [1.82, 2.24) is 15.0 Å². The lowest BCUT2D eigenvalue weighted by atomic mass is 10.2. The van der Waals surface area contributed by atoms with E-state index >= 15 is 0 Å². The number of ether oxygens (including phenoxy) is 1. The smallest absolute Gasteiger partial charge is 0.322 e. The third-order valence-electron chi connectivity index (χ3n) is 2.53. The van der Waals surface area contributed by atoms with Gasteiger partial charge in [0.25, 0.3) is 0 Å². The molecule has 0 aliphatic heterocycles. The van der Waals surface area contributed by atoms with E-state index in [9.17, 15) is 4.39 Å². The normalized spacial score (nSPS) is 10.2. The number of nitrogens with one attached hydrogen (secondary N) is 2. The molecule has 6 nitrogen and oxygen atoms in total. The van der Waals surface area contributed by atoms with Crippen LogP contribution in [0, 0.1) is 12.7 Å². The van der Waals surface area contributed by atoms with Gasteiger partial charge in [-0.2, -0.15) is 15.0 Å². The van der Waals surface area contributed by atoms with Crippen molar-refractivity contribution in [3.63, 3.8) is 0 Å². The van der Waals surface area contributed by atoms with Crippen molar-refractivity contribution in [3.8, 4) is 6.01 Å². The lowest BCUT2D eigenvalue weighted by Crippen LogP contribution is -2.06. The molecule has 0 unspecified atom stereocenters. The second-order valence-electron chi connectivity index (χ2n) is 3.93. The fourth-order valence-corrected chi connectivity index (χ4v) is 1.97. The SMILES string of the molecule is CNc1nc(Nc2cc(F)c(Br)cc2C)nc(OC)n1. The molecule has 2 N–H and O–H groups in total. The van der Waals surface area contributed by atoms with Crippen molar-refractivity contribution >= 4 is 33.5 Å². The Balaban J connectivity index is 2.36. The first-order valence-electron chi connectivity index (χ1n) is 5.74. The minimum Gasteiger partial charge on any atom is -0.467 e. The zero-order valence-corrected chi connectivity index (χ0v) is 12.7. The molecule has 2 aromatic rings. The first-order valence-corrected chi connectivity index (χ1v) is 6.53. The summed E-state index contributed by atoms with van der Waals surface area (Å²) in [6.07, 6.45) is 0. The second kappa shape index (κ2) is 6.00. The number of aryl methyl sites for hydroxylation is 1. The molecule has 0 aliphatic rings. The zero-order valence-electron chi connectivity index (χ0n) is 11.2. The van der Waals surface area contributed by atoms with Gasteiger partial charge >= 0.3 is 6.01 Å². The number of nitrogens with zero attached hydrogens (tertiary/aromatic N) is 3. The third-order valence-corrected chi connectivity index (χ3v) is 3.14. The number of hydrogen-bond donors (Lipinski definition) is 2. The largest absolute Gasteiger partial charge is 0.467 e. The number of hydrogen-bond acceptors (Lipinski definition) is 6. The van der Waals surface area contributed by atoms with E-state index in [0.717, 1.165) is 5.56 Å². The summed E-state index contributed by atoms with van der Waals surface area (Å²) in [5, 5.41) is 5.75. The van der Waals surface area contributed by atoms with E-state index in [-0.39, 0.29) is 17.8 Å². The van der Waals surface area contributed by atoms with Crippen LogP contribution in [0.1, 0.15) is 5.56 Å². The molecule has 0 amide bonds. The van der Waals surface area contributed by atoms with Crippen molar-refractivity contribution in [2.24, 2.45) is 0 Å². The van der Waals surface area contributed by atoms with E-state index in [2.05, 4.69) is 41.5 Å². The van der Waals surface area contributed by atoms with E-state index in [0.29, 0.717) is 16.1 Å². The van der Waals surface area contributed by atoms with Crippen LogP contribution in [0.25, 0.3) is 0 Å². The first-order chi connectivity index (χ1) is 9.53. The topological polar surface area (TPSA) is 72.0 Å². The molecule has 106 valence electrons. The molecule has 1 heterocycles. The maximum atomic E-state index is 13.6. The van der Waals surface area contributed by atoms with E-state index in [4.69, 9.17) is 4.74 Å². The lowest BCUT2D eigenvalue weighted by molar-refractivity contribution is 0.379. The van der Waals surface area contributed by atoms with Gasteiger partial charge in [0.05, 0.1) is 11.6 Å². The lowest BCUT2D eigenvalue weighted by Gasteiger charge is -2.10. The van der Waals surface area contributed by atoms with Crippen molar-refractivity contribution in [3.05, 3.63) is 28.0 Å². The Morgan fingerprint density at radius 1 is 1.20 bits per heavy atom. The van der Waals surface area contributed by atoms with Crippen LogP contribution < -0.4 is 15.4 Å². The fourth-order valence-electron chi connectivity index (χ4n) is 1.52. The van der Waals surface area contributed by atoms with E-state index < -0.39 is 0 Å². The maximum Gasteiger partial charge on any atom is 0.322 e. The van der Waals surface area contributed by atoms with Crippen molar-refractivity contribution < 1.29 is 9.13 Å². The Hall–Kier alpha value is -1.96. The molecule has 0 spiro atoms. The monoisotopic (exact) mass is 341 g/mol. The van der Waals surface area contributed by atoms with Crippen LogP contribution in [0.15, 0.2) is 16.6 Å². The summed E-state index contributed by atoms with van der Waals surface area (Å²) < 4.78 is 19.0. The van der Waals surface area contributed by atoms with Crippen molar-refractivity contribution in [2.45, 2.75) is 6.92 Å². The first kappa shape index (κ1) is 14.4. The second-order valence-corrected chi connectivity index (χ2v) is 4.78. The minimum absolute atomic E-state index is 0.169. The Bertz CT molecular complexity index is 615. The predicted octanol–water partition coefficient (Wildman–Crippen LogP) is 2.88. The quantitative estimate of drug-likeness (QED) is 0.890. The molecule has 0 aliphatic carbocycles. The molecule has 1 aromatic carbocycles. The molecule has 0 radical (unpaired) electrons. The number of benzene rings is 1. The van der Waals surface area contributed by atoms with Gasteiger partial charge in [0, 0.05) is 12.7 Å². The van der Waals surface area contributed by atoms with Crippen LogP contribution in [0.5, 0.6) is 6.01 Å². The molecule has 20 heavy (non-hydrogen) atoms. The standard InChI is InChI=1S/C12H13BrFN5O/c1-6-4-7(13)8(14)5-9(6)16-11-17-10(15-2)18-12(19-11)20-3/h4-5H,1-3H3,(H2,15,16,17,18,19). The molecule has 0 saturated carbocycles. The van der Waals surface area contributed by atoms with Gasteiger partial charge < -0.3 is 15.4 Å². The highest BCUT2D eigenvalue weighted by atomic mass is 79.9. The van der Waals surface area contributed by atoms with Gasteiger partial charge in [-0.25, -0.2) is 4.39 Å². The van der Waals surface area contributed by atoms with E-state index in [1.54, 1.807) is 13.1 Å². The minimum atomic E-state index is -0.368. The number of methoxy groups -OCH3 is 1. The van der Waals surface area contributed by atoms with Gasteiger partial charge in [0.2, 0.25) is 11.9 Å². The van der Waals surface area contributed by atoms with E-state index in [1.807, 2.05) is 6.92 Å². The number of halogens is 2. The number of aromatic nitrogens is 3. The highest BCUT2D eigenvalue weighted by Gasteiger charge is 2.09. The van der Waals surface area contributed by atoms with Gasteiger partial charge in [-0.05, 0) is 40.5 Å². The van der Waals surface area contributed by atoms with Gasteiger partial charge in [0.15, 0.2) is 0 Å². The summed E-state index contributed by atoms with van der Waals surface area (Å²) >= 11 is 3.14. The summed E-state index contributed by atoms with van der Waals surface area (Å²) in [5.74, 6) is 0.258. The third kappa shape index (κ3) is 3.13. The molecule has 0 atom stereocenters.